The minimum absolute atomic E-state index is 0.867. The molecule has 19 heavy (non-hydrogen) atoms. The minimum Gasteiger partial charge on any atom is -0.256 e. The molecule has 0 saturated heterocycles. The second kappa shape index (κ2) is 4.98. The predicted octanol–water partition coefficient (Wildman–Crippen LogP) is 3.51. The molecule has 0 spiro atoms. The van der Waals surface area contributed by atoms with Crippen molar-refractivity contribution in [1.29, 1.82) is 0 Å². The number of hydrogen-bond acceptors (Lipinski definition) is 3. The van der Waals surface area contributed by atoms with Crippen LogP contribution in [0.2, 0.25) is 0 Å². The van der Waals surface area contributed by atoms with Crippen LogP contribution in [0.3, 0.4) is 0 Å². The van der Waals surface area contributed by atoms with E-state index in [0.717, 1.165) is 28.2 Å². The van der Waals surface area contributed by atoms with Gasteiger partial charge in [0.1, 0.15) is 0 Å². The highest BCUT2D eigenvalue weighted by molar-refractivity contribution is 5.79. The van der Waals surface area contributed by atoms with E-state index in [0.29, 0.717) is 0 Å². The van der Waals surface area contributed by atoms with Crippen LogP contribution < -0.4 is 0 Å². The largest absolute Gasteiger partial charge is 0.256 e. The predicted molar refractivity (Wildman–Crippen MR) is 75.4 cm³/mol. The minimum atomic E-state index is 0.867. The van der Waals surface area contributed by atoms with Gasteiger partial charge in [0.15, 0.2) is 0 Å². The first-order valence-corrected chi connectivity index (χ1v) is 6.14. The Morgan fingerprint density at radius 2 is 1.37 bits per heavy atom. The lowest BCUT2D eigenvalue weighted by Gasteiger charge is -2.10. The fourth-order valence-electron chi connectivity index (χ4n) is 2.09. The molecule has 3 heteroatoms. The molecule has 0 radical (unpaired) electrons. The van der Waals surface area contributed by atoms with Crippen molar-refractivity contribution >= 4 is 0 Å². The molecule has 3 aromatic rings. The van der Waals surface area contributed by atoms with E-state index >= 15 is 0 Å². The summed E-state index contributed by atoms with van der Waals surface area (Å²) in [5, 5.41) is 0. The molecule has 0 amide bonds. The molecule has 0 aromatic carbocycles. The van der Waals surface area contributed by atoms with E-state index in [1.54, 1.807) is 12.4 Å². The highest BCUT2D eigenvalue weighted by Gasteiger charge is 2.12. The van der Waals surface area contributed by atoms with E-state index in [1.807, 2.05) is 48.7 Å². The van der Waals surface area contributed by atoms with Crippen LogP contribution in [0, 0.1) is 6.92 Å². The molecule has 92 valence electrons. The SMILES string of the molecule is Cc1ccnc(-c2ccccn2)c1-c1ccccn1. The van der Waals surface area contributed by atoms with Gasteiger partial charge in [-0.25, -0.2) is 0 Å². The van der Waals surface area contributed by atoms with Crippen LogP contribution in [0.1, 0.15) is 5.56 Å². The van der Waals surface area contributed by atoms with Crippen LogP contribution in [-0.4, -0.2) is 15.0 Å². The van der Waals surface area contributed by atoms with Crippen LogP contribution in [0.5, 0.6) is 0 Å². The number of hydrogen-bond donors (Lipinski definition) is 0. The van der Waals surface area contributed by atoms with Gasteiger partial charge in [0, 0.05) is 24.2 Å². The summed E-state index contributed by atoms with van der Waals surface area (Å²) in [6, 6.07) is 13.7. The first kappa shape index (κ1) is 11.5. The zero-order valence-electron chi connectivity index (χ0n) is 10.6. The van der Waals surface area contributed by atoms with Gasteiger partial charge < -0.3 is 0 Å². The van der Waals surface area contributed by atoms with Crippen molar-refractivity contribution in [2.24, 2.45) is 0 Å². The van der Waals surface area contributed by atoms with Crippen LogP contribution in [-0.2, 0) is 0 Å². The smallest absolute Gasteiger partial charge is 0.0982 e. The number of rotatable bonds is 2. The Hall–Kier alpha value is -2.55. The third-order valence-corrected chi connectivity index (χ3v) is 2.99. The van der Waals surface area contributed by atoms with Gasteiger partial charge >= 0.3 is 0 Å². The molecule has 0 aliphatic carbocycles. The highest BCUT2D eigenvalue weighted by atomic mass is 14.8. The number of pyridine rings is 3. The summed E-state index contributed by atoms with van der Waals surface area (Å²) in [4.78, 5) is 13.3. The lowest BCUT2D eigenvalue weighted by atomic mass is 10.0. The maximum absolute atomic E-state index is 4.48. The Morgan fingerprint density at radius 3 is 2.00 bits per heavy atom. The van der Waals surface area contributed by atoms with E-state index in [-0.39, 0.29) is 0 Å². The zero-order valence-corrected chi connectivity index (χ0v) is 10.6. The van der Waals surface area contributed by atoms with Gasteiger partial charge in [-0.05, 0) is 42.8 Å². The van der Waals surface area contributed by atoms with Gasteiger partial charge in [-0.15, -0.1) is 0 Å². The van der Waals surface area contributed by atoms with Crippen LogP contribution >= 0.6 is 0 Å². The standard InChI is InChI=1S/C16H13N3/c1-12-8-11-19-16(14-7-3-5-10-18-14)15(12)13-6-2-4-9-17-13/h2-11H,1H3. The van der Waals surface area contributed by atoms with Crippen LogP contribution in [0.15, 0.2) is 61.1 Å². The molecule has 3 nitrogen and oxygen atoms in total. The Morgan fingerprint density at radius 1 is 0.684 bits per heavy atom. The van der Waals surface area contributed by atoms with Crippen molar-refractivity contribution in [1.82, 2.24) is 15.0 Å². The first-order valence-electron chi connectivity index (χ1n) is 6.14. The summed E-state index contributed by atoms with van der Waals surface area (Å²) in [6.07, 6.45) is 5.39. The lowest BCUT2D eigenvalue weighted by Crippen LogP contribution is -1.95. The van der Waals surface area contributed by atoms with Crippen molar-refractivity contribution in [3.8, 4) is 22.6 Å². The summed E-state index contributed by atoms with van der Waals surface area (Å²) in [5.74, 6) is 0. The van der Waals surface area contributed by atoms with Gasteiger partial charge in [0.05, 0.1) is 17.1 Å². The molecule has 0 N–H and O–H groups in total. The maximum atomic E-state index is 4.48. The second-order valence-corrected chi connectivity index (χ2v) is 4.28. The maximum Gasteiger partial charge on any atom is 0.0982 e. The number of nitrogens with zero attached hydrogens (tertiary/aromatic N) is 3. The molecule has 0 aliphatic heterocycles. The Balaban J connectivity index is 2.25. The molecule has 3 aromatic heterocycles. The van der Waals surface area contributed by atoms with Gasteiger partial charge in [0.25, 0.3) is 0 Å². The zero-order chi connectivity index (χ0) is 13.1. The van der Waals surface area contributed by atoms with E-state index in [2.05, 4.69) is 21.9 Å². The van der Waals surface area contributed by atoms with Crippen LogP contribution in [0.4, 0.5) is 0 Å². The Bertz CT molecular complexity index is 679. The van der Waals surface area contributed by atoms with Crippen molar-refractivity contribution in [3.05, 3.63) is 66.6 Å². The van der Waals surface area contributed by atoms with Crippen molar-refractivity contribution < 1.29 is 0 Å². The third kappa shape index (κ3) is 2.22. The average molecular weight is 247 g/mol. The molecule has 0 unspecified atom stereocenters. The summed E-state index contributed by atoms with van der Waals surface area (Å²) in [5.41, 5.74) is 4.86. The van der Waals surface area contributed by atoms with E-state index in [9.17, 15) is 0 Å². The molecule has 0 aliphatic rings. The van der Waals surface area contributed by atoms with Gasteiger partial charge in [0.2, 0.25) is 0 Å². The molecular weight excluding hydrogens is 234 g/mol. The van der Waals surface area contributed by atoms with E-state index in [4.69, 9.17) is 0 Å². The second-order valence-electron chi connectivity index (χ2n) is 4.28. The van der Waals surface area contributed by atoms with Crippen molar-refractivity contribution in [2.75, 3.05) is 0 Å². The van der Waals surface area contributed by atoms with Crippen LogP contribution in [0.25, 0.3) is 22.6 Å². The molecular formula is C16H13N3. The van der Waals surface area contributed by atoms with Gasteiger partial charge in [-0.1, -0.05) is 12.1 Å². The summed E-state index contributed by atoms with van der Waals surface area (Å²) >= 11 is 0. The van der Waals surface area contributed by atoms with E-state index in [1.165, 1.54) is 0 Å². The normalized spacial score (nSPS) is 10.4. The quantitative estimate of drug-likeness (QED) is 0.695. The third-order valence-electron chi connectivity index (χ3n) is 2.99. The fraction of sp³-hybridized carbons (Fsp3) is 0.0625. The molecule has 3 heterocycles. The summed E-state index contributed by atoms with van der Waals surface area (Å²) in [6.45, 7) is 2.07. The molecule has 3 rings (SSSR count). The fourth-order valence-corrected chi connectivity index (χ4v) is 2.09. The highest BCUT2D eigenvalue weighted by Crippen LogP contribution is 2.30. The average Bonchev–Trinajstić information content (AvgIpc) is 2.49. The topological polar surface area (TPSA) is 38.7 Å². The number of aryl methyl sites for hydroxylation is 1. The number of aromatic nitrogens is 3. The Kier molecular flexibility index (Phi) is 3.02. The molecule has 0 atom stereocenters. The summed E-state index contributed by atoms with van der Waals surface area (Å²) in [7, 11) is 0. The van der Waals surface area contributed by atoms with Gasteiger partial charge in [-0.2, -0.15) is 0 Å². The van der Waals surface area contributed by atoms with E-state index < -0.39 is 0 Å². The molecule has 0 bridgehead atoms. The van der Waals surface area contributed by atoms with Crippen molar-refractivity contribution in [3.63, 3.8) is 0 Å². The monoisotopic (exact) mass is 247 g/mol. The molecule has 0 saturated carbocycles. The van der Waals surface area contributed by atoms with Gasteiger partial charge in [-0.3, -0.25) is 15.0 Å². The Labute approximate surface area is 112 Å². The lowest BCUT2D eigenvalue weighted by molar-refractivity contribution is 1.21. The summed E-state index contributed by atoms with van der Waals surface area (Å²) < 4.78 is 0. The van der Waals surface area contributed by atoms with Crippen molar-refractivity contribution in [2.45, 2.75) is 6.92 Å². The molecule has 0 fully saturated rings. The first-order chi connectivity index (χ1) is 9.36.